The van der Waals surface area contributed by atoms with E-state index in [0.717, 1.165) is 0 Å². The van der Waals surface area contributed by atoms with Gasteiger partial charge < -0.3 is 0 Å². The molecule has 0 amide bonds. The van der Waals surface area contributed by atoms with E-state index in [1.54, 1.807) is 0 Å². The Morgan fingerprint density at radius 3 is 0.978 bits per heavy atom. The lowest BCUT2D eigenvalue weighted by Crippen LogP contribution is -1.83. The van der Waals surface area contributed by atoms with Gasteiger partial charge in [-0.15, -0.1) is 0 Å². The molecule has 46 heavy (non-hydrogen) atoms. The van der Waals surface area contributed by atoms with Gasteiger partial charge in [0, 0.05) is 0 Å². The Hall–Kier alpha value is -5.98. The molecule has 9 aromatic rings. The molecular formula is C46H30. The minimum absolute atomic E-state index is 1.18. The van der Waals surface area contributed by atoms with Crippen molar-refractivity contribution >= 4 is 88.9 Å². The van der Waals surface area contributed by atoms with Gasteiger partial charge in [0.2, 0.25) is 0 Å². The summed E-state index contributed by atoms with van der Waals surface area (Å²) in [7, 11) is 0. The van der Waals surface area contributed by atoms with Crippen LogP contribution in [0, 0.1) is 0 Å². The second kappa shape index (κ2) is 10.9. The number of benzene rings is 9. The van der Waals surface area contributed by atoms with Crippen molar-refractivity contribution in [3.63, 3.8) is 0 Å². The summed E-state index contributed by atoms with van der Waals surface area (Å²) in [6, 6.07) is 57.5. The molecule has 0 atom stereocenters. The summed E-state index contributed by atoms with van der Waals surface area (Å²) in [6.45, 7) is 0. The first-order valence-electron chi connectivity index (χ1n) is 15.9. The summed E-state index contributed by atoms with van der Waals surface area (Å²) in [5, 5.41) is 15.5. The van der Waals surface area contributed by atoms with E-state index < -0.39 is 0 Å². The highest BCUT2D eigenvalue weighted by Gasteiger charge is 2.07. The van der Waals surface area contributed by atoms with Crippen molar-refractivity contribution in [3.05, 3.63) is 180 Å². The average molecular weight is 583 g/mol. The number of hydrogen-bond donors (Lipinski definition) is 0. The third-order valence-corrected chi connectivity index (χ3v) is 9.37. The molecule has 0 nitrogen and oxygen atoms in total. The molecule has 0 saturated heterocycles. The Morgan fingerprint density at radius 1 is 0.239 bits per heavy atom. The van der Waals surface area contributed by atoms with E-state index in [1.807, 2.05) is 0 Å². The zero-order chi connectivity index (χ0) is 30.5. The fraction of sp³-hybridized carbons (Fsp3) is 0. The van der Waals surface area contributed by atoms with E-state index in [4.69, 9.17) is 0 Å². The first-order chi connectivity index (χ1) is 22.8. The molecule has 214 valence electrons. The Balaban J connectivity index is 1.00. The van der Waals surface area contributed by atoms with E-state index in [2.05, 4.69) is 182 Å². The lowest BCUT2D eigenvalue weighted by Gasteiger charge is -2.09. The summed E-state index contributed by atoms with van der Waals surface area (Å²) in [5.74, 6) is 0. The van der Waals surface area contributed by atoms with Crippen molar-refractivity contribution in [1.29, 1.82) is 0 Å². The normalized spacial score (nSPS) is 12.2. The summed E-state index contributed by atoms with van der Waals surface area (Å²) in [6.07, 6.45) is 8.85. The van der Waals surface area contributed by atoms with E-state index >= 15 is 0 Å². The molecule has 0 aliphatic rings. The molecule has 0 fully saturated rings. The Morgan fingerprint density at radius 2 is 0.543 bits per heavy atom. The van der Waals surface area contributed by atoms with Crippen LogP contribution in [-0.4, -0.2) is 0 Å². The lowest BCUT2D eigenvalue weighted by atomic mass is 9.95. The molecule has 9 aromatic carbocycles. The Bertz CT molecular complexity index is 2470. The van der Waals surface area contributed by atoms with Gasteiger partial charge in [-0.1, -0.05) is 170 Å². The molecule has 0 saturated carbocycles. The zero-order valence-electron chi connectivity index (χ0n) is 25.3. The molecule has 0 bridgehead atoms. The van der Waals surface area contributed by atoms with Crippen LogP contribution in [0.4, 0.5) is 0 Å². The molecule has 9 rings (SSSR count). The van der Waals surface area contributed by atoms with Crippen LogP contribution in [0.2, 0.25) is 0 Å². The molecule has 0 heteroatoms. The van der Waals surface area contributed by atoms with Gasteiger partial charge in [0.15, 0.2) is 0 Å². The molecule has 0 aromatic heterocycles. The average Bonchev–Trinajstić information content (AvgIpc) is 3.12. The van der Waals surface area contributed by atoms with Crippen molar-refractivity contribution in [2.45, 2.75) is 0 Å². The van der Waals surface area contributed by atoms with Crippen molar-refractivity contribution < 1.29 is 0 Å². The zero-order valence-corrected chi connectivity index (χ0v) is 25.3. The predicted octanol–water partition coefficient (Wildman–Crippen LogP) is 12.9. The van der Waals surface area contributed by atoms with E-state index in [0.29, 0.717) is 0 Å². The third kappa shape index (κ3) is 4.64. The van der Waals surface area contributed by atoms with Gasteiger partial charge in [-0.2, -0.15) is 0 Å². The molecule has 0 spiro atoms. The molecule has 0 aliphatic heterocycles. The first kappa shape index (κ1) is 26.4. The minimum atomic E-state index is 1.18. The number of rotatable bonds is 4. The maximum absolute atomic E-state index is 2.33. The van der Waals surface area contributed by atoms with Gasteiger partial charge in [0.1, 0.15) is 0 Å². The summed E-state index contributed by atoms with van der Waals surface area (Å²) in [4.78, 5) is 0. The standard InChI is InChI=1S/C46H30/c1-3-7-41-35(5-1)21-25-39-27-23-37-19-17-33(29-43(37)45(39)41)15-13-31-9-11-32(12-10-31)14-16-34-18-20-38-24-28-40-26-22-36-6-2-4-8-42(36)46(40)44(38)30-34/h1-30H/b15-13+,16-14+. The molecule has 0 aliphatic carbocycles. The van der Waals surface area contributed by atoms with Gasteiger partial charge >= 0.3 is 0 Å². The highest BCUT2D eigenvalue weighted by molar-refractivity contribution is 6.21. The molecule has 0 radical (unpaired) electrons. The molecule has 0 unspecified atom stereocenters. The Labute approximate surface area is 268 Å². The molecule has 0 N–H and O–H groups in total. The second-order valence-corrected chi connectivity index (χ2v) is 12.2. The largest absolute Gasteiger partial charge is 0.0616 e. The maximum Gasteiger partial charge on any atom is -0.00266 e. The highest BCUT2D eigenvalue weighted by atomic mass is 14.1. The first-order valence-corrected chi connectivity index (χ1v) is 15.9. The van der Waals surface area contributed by atoms with Gasteiger partial charge in [-0.05, 0) is 99.0 Å². The van der Waals surface area contributed by atoms with Crippen LogP contribution < -0.4 is 0 Å². The van der Waals surface area contributed by atoms with Gasteiger partial charge in [0.25, 0.3) is 0 Å². The summed E-state index contributed by atoms with van der Waals surface area (Å²) in [5.41, 5.74) is 4.77. The SMILES string of the molecule is C(=C\c1ccc2ccc3ccc4ccccc4c3c2c1)/c1ccc(/C=C/c2ccc3ccc4ccc5ccccc5c4c3c2)cc1. The van der Waals surface area contributed by atoms with E-state index in [1.165, 1.54) is 86.9 Å². The summed E-state index contributed by atoms with van der Waals surface area (Å²) < 4.78 is 0. The van der Waals surface area contributed by atoms with Crippen LogP contribution in [0.25, 0.3) is 88.9 Å². The second-order valence-electron chi connectivity index (χ2n) is 12.2. The van der Waals surface area contributed by atoms with Crippen LogP contribution >= 0.6 is 0 Å². The fourth-order valence-corrected chi connectivity index (χ4v) is 7.00. The number of hydrogen-bond acceptors (Lipinski definition) is 0. The smallest absolute Gasteiger partial charge is 0.00266 e. The van der Waals surface area contributed by atoms with Crippen LogP contribution in [0.1, 0.15) is 22.3 Å². The molecule has 0 heterocycles. The van der Waals surface area contributed by atoms with E-state index in [-0.39, 0.29) is 0 Å². The van der Waals surface area contributed by atoms with Crippen LogP contribution in [0.5, 0.6) is 0 Å². The minimum Gasteiger partial charge on any atom is -0.0616 e. The molecular weight excluding hydrogens is 553 g/mol. The van der Waals surface area contributed by atoms with Crippen molar-refractivity contribution in [3.8, 4) is 0 Å². The fourth-order valence-electron chi connectivity index (χ4n) is 7.00. The van der Waals surface area contributed by atoms with Crippen molar-refractivity contribution in [2.75, 3.05) is 0 Å². The van der Waals surface area contributed by atoms with Gasteiger partial charge in [0.05, 0.1) is 0 Å². The van der Waals surface area contributed by atoms with E-state index in [9.17, 15) is 0 Å². The maximum atomic E-state index is 2.33. The van der Waals surface area contributed by atoms with Gasteiger partial charge in [-0.25, -0.2) is 0 Å². The van der Waals surface area contributed by atoms with Crippen molar-refractivity contribution in [1.82, 2.24) is 0 Å². The topological polar surface area (TPSA) is 0 Å². The predicted molar refractivity (Wildman–Crippen MR) is 202 cm³/mol. The highest BCUT2D eigenvalue weighted by Crippen LogP contribution is 2.34. The quantitative estimate of drug-likeness (QED) is 0.143. The van der Waals surface area contributed by atoms with Gasteiger partial charge in [-0.3, -0.25) is 0 Å². The Kier molecular flexibility index (Phi) is 6.25. The third-order valence-electron chi connectivity index (χ3n) is 9.37. The lowest BCUT2D eigenvalue weighted by molar-refractivity contribution is 1.62. The number of fused-ring (bicyclic) bond motifs is 10. The van der Waals surface area contributed by atoms with Crippen LogP contribution in [0.15, 0.2) is 158 Å². The van der Waals surface area contributed by atoms with Crippen LogP contribution in [0.3, 0.4) is 0 Å². The monoisotopic (exact) mass is 582 g/mol. The van der Waals surface area contributed by atoms with Crippen LogP contribution in [-0.2, 0) is 0 Å². The summed E-state index contributed by atoms with van der Waals surface area (Å²) >= 11 is 0. The van der Waals surface area contributed by atoms with Crippen molar-refractivity contribution in [2.24, 2.45) is 0 Å².